The summed E-state index contributed by atoms with van der Waals surface area (Å²) in [6, 6.07) is 2.69. The maximum absolute atomic E-state index is 15.0. The molecule has 1 aliphatic heterocycles. The molecule has 0 saturated carbocycles. The summed E-state index contributed by atoms with van der Waals surface area (Å²) >= 11 is 0. The van der Waals surface area contributed by atoms with Crippen LogP contribution in [0.5, 0.6) is 0 Å². The minimum atomic E-state index is -3.47. The normalized spacial score (nSPS) is 21.0. The van der Waals surface area contributed by atoms with Crippen molar-refractivity contribution in [3.8, 4) is 0 Å². The first-order valence-electron chi connectivity index (χ1n) is 7.57. The number of rotatable bonds is 2. The predicted octanol–water partition coefficient (Wildman–Crippen LogP) is 2.99. The van der Waals surface area contributed by atoms with Crippen LogP contribution in [0.4, 0.5) is 13.2 Å². The molecule has 1 amide bonds. The molecule has 0 aromatic heterocycles. The molecule has 1 saturated heterocycles. The Balaban J connectivity index is 2.49. The van der Waals surface area contributed by atoms with Crippen LogP contribution in [-0.2, 0) is 16.1 Å². The number of hydrogen-bond donors (Lipinski definition) is 0. The van der Waals surface area contributed by atoms with Crippen molar-refractivity contribution in [1.82, 2.24) is 9.80 Å². The summed E-state index contributed by atoms with van der Waals surface area (Å²) in [5.41, 5.74) is -0.987. The van der Waals surface area contributed by atoms with E-state index in [1.807, 2.05) is 0 Å². The third-order valence-corrected chi connectivity index (χ3v) is 4.34. The fraction of sp³-hybridized carbons (Fsp3) is 0.588. The molecule has 6 heteroatoms. The Morgan fingerprint density at radius 2 is 1.70 bits per heavy atom. The molecule has 1 fully saturated rings. The molecule has 23 heavy (non-hydrogen) atoms. The van der Waals surface area contributed by atoms with Crippen LogP contribution in [0.2, 0.25) is 0 Å². The van der Waals surface area contributed by atoms with E-state index in [-0.39, 0.29) is 18.7 Å². The molecule has 0 radical (unpaired) electrons. The van der Waals surface area contributed by atoms with Crippen LogP contribution in [-0.4, -0.2) is 48.9 Å². The fourth-order valence-electron chi connectivity index (χ4n) is 2.90. The quantitative estimate of drug-likeness (QED) is 0.833. The lowest BCUT2D eigenvalue weighted by atomic mass is 9.84. The van der Waals surface area contributed by atoms with Crippen LogP contribution in [0.15, 0.2) is 18.2 Å². The Morgan fingerprint density at radius 1 is 1.13 bits per heavy atom. The summed E-state index contributed by atoms with van der Waals surface area (Å²) in [5, 5.41) is 0. The van der Waals surface area contributed by atoms with Crippen molar-refractivity contribution < 1.29 is 18.0 Å². The van der Waals surface area contributed by atoms with Gasteiger partial charge < -0.3 is 4.90 Å². The zero-order valence-electron chi connectivity index (χ0n) is 14.2. The van der Waals surface area contributed by atoms with Gasteiger partial charge in [-0.05, 0) is 24.1 Å². The van der Waals surface area contributed by atoms with Crippen molar-refractivity contribution in [3.63, 3.8) is 0 Å². The molecule has 2 rings (SSSR count). The third kappa shape index (κ3) is 3.22. The van der Waals surface area contributed by atoms with Gasteiger partial charge in [0, 0.05) is 13.6 Å². The van der Waals surface area contributed by atoms with E-state index < -0.39 is 34.7 Å². The second-order valence-electron chi connectivity index (χ2n) is 7.26. The van der Waals surface area contributed by atoms with Crippen LogP contribution < -0.4 is 0 Å². The Hall–Kier alpha value is -1.56. The lowest BCUT2D eigenvalue weighted by Crippen LogP contribution is -2.59. The number of likely N-dealkylation sites (N-methyl/N-ethyl adjacent to an activating group) is 2. The lowest BCUT2D eigenvalue weighted by molar-refractivity contribution is -0.155. The van der Waals surface area contributed by atoms with Crippen molar-refractivity contribution in [2.75, 3.05) is 27.2 Å². The van der Waals surface area contributed by atoms with Crippen molar-refractivity contribution >= 4 is 5.91 Å². The number of benzene rings is 1. The SMILES string of the molecule is CN1CC(=O)N(C)C(C(F)(F)c2cccc(C(C)(C)C)c2F)C1. The number of nitrogens with zero attached hydrogens (tertiary/aromatic N) is 2. The molecule has 1 atom stereocenters. The largest absolute Gasteiger partial charge is 0.334 e. The molecule has 0 bridgehead atoms. The topological polar surface area (TPSA) is 23.6 Å². The van der Waals surface area contributed by atoms with Crippen LogP contribution in [0, 0.1) is 5.82 Å². The maximum Gasteiger partial charge on any atom is 0.297 e. The molecule has 128 valence electrons. The Labute approximate surface area is 135 Å². The molecule has 0 spiro atoms. The highest BCUT2D eigenvalue weighted by Gasteiger charge is 2.49. The van der Waals surface area contributed by atoms with Gasteiger partial charge in [-0.3, -0.25) is 9.69 Å². The number of alkyl halides is 2. The average Bonchev–Trinajstić information content (AvgIpc) is 2.41. The Kier molecular flexibility index (Phi) is 4.50. The molecule has 1 aromatic carbocycles. The van der Waals surface area contributed by atoms with E-state index in [0.29, 0.717) is 0 Å². The molecule has 0 aliphatic carbocycles. The summed E-state index contributed by atoms with van der Waals surface area (Å²) in [6.07, 6.45) is 0. The van der Waals surface area contributed by atoms with E-state index in [4.69, 9.17) is 0 Å². The first-order chi connectivity index (χ1) is 10.5. The first kappa shape index (κ1) is 17.8. The number of amides is 1. The summed E-state index contributed by atoms with van der Waals surface area (Å²) in [7, 11) is 2.95. The van der Waals surface area contributed by atoms with Crippen LogP contribution in [0.25, 0.3) is 0 Å². The molecule has 1 aliphatic rings. The van der Waals surface area contributed by atoms with Crippen LogP contribution in [0.1, 0.15) is 31.9 Å². The average molecular weight is 328 g/mol. The second-order valence-corrected chi connectivity index (χ2v) is 7.26. The minimum absolute atomic E-state index is 0.00553. The number of piperazine rings is 1. The molecule has 0 N–H and O–H groups in total. The van der Waals surface area contributed by atoms with E-state index in [1.165, 1.54) is 24.1 Å². The maximum atomic E-state index is 15.0. The van der Waals surface area contributed by atoms with Gasteiger partial charge in [-0.1, -0.05) is 32.9 Å². The summed E-state index contributed by atoms with van der Waals surface area (Å²) in [6.45, 7) is 5.41. The van der Waals surface area contributed by atoms with Crippen molar-refractivity contribution in [1.29, 1.82) is 0 Å². The fourth-order valence-corrected chi connectivity index (χ4v) is 2.90. The van der Waals surface area contributed by atoms with Gasteiger partial charge in [-0.15, -0.1) is 0 Å². The molecular weight excluding hydrogens is 305 g/mol. The van der Waals surface area contributed by atoms with E-state index in [0.717, 1.165) is 11.0 Å². The lowest BCUT2D eigenvalue weighted by Gasteiger charge is -2.41. The third-order valence-electron chi connectivity index (χ3n) is 4.34. The van der Waals surface area contributed by atoms with Gasteiger partial charge in [-0.2, -0.15) is 8.78 Å². The minimum Gasteiger partial charge on any atom is -0.334 e. The molecule has 3 nitrogen and oxygen atoms in total. The van der Waals surface area contributed by atoms with Gasteiger partial charge in [0.2, 0.25) is 5.91 Å². The van der Waals surface area contributed by atoms with Crippen molar-refractivity contribution in [2.24, 2.45) is 0 Å². The zero-order chi connectivity index (χ0) is 17.6. The van der Waals surface area contributed by atoms with Gasteiger partial charge in [0.25, 0.3) is 5.92 Å². The first-order valence-corrected chi connectivity index (χ1v) is 7.57. The Morgan fingerprint density at radius 3 is 2.26 bits per heavy atom. The van der Waals surface area contributed by atoms with E-state index in [1.54, 1.807) is 27.8 Å². The monoisotopic (exact) mass is 328 g/mol. The highest BCUT2D eigenvalue weighted by atomic mass is 19.3. The number of carbonyl (C=O) groups excluding carboxylic acids is 1. The van der Waals surface area contributed by atoms with E-state index >= 15 is 8.78 Å². The van der Waals surface area contributed by atoms with E-state index in [9.17, 15) is 9.18 Å². The number of hydrogen-bond acceptors (Lipinski definition) is 2. The van der Waals surface area contributed by atoms with Crippen molar-refractivity contribution in [2.45, 2.75) is 38.2 Å². The highest BCUT2D eigenvalue weighted by molar-refractivity contribution is 5.79. The molecule has 1 unspecified atom stereocenters. The van der Waals surface area contributed by atoms with Gasteiger partial charge in [-0.25, -0.2) is 4.39 Å². The zero-order valence-corrected chi connectivity index (χ0v) is 14.2. The summed E-state index contributed by atoms with van der Waals surface area (Å²) < 4.78 is 44.8. The van der Waals surface area contributed by atoms with Crippen LogP contribution in [0.3, 0.4) is 0 Å². The van der Waals surface area contributed by atoms with E-state index in [2.05, 4.69) is 0 Å². The molecule has 1 heterocycles. The van der Waals surface area contributed by atoms with Gasteiger partial charge >= 0.3 is 0 Å². The number of halogens is 3. The summed E-state index contributed by atoms with van der Waals surface area (Å²) in [4.78, 5) is 14.4. The number of carbonyl (C=O) groups is 1. The Bertz CT molecular complexity index is 610. The second kappa shape index (κ2) is 5.82. The van der Waals surface area contributed by atoms with Gasteiger partial charge in [0.05, 0.1) is 12.1 Å². The smallest absolute Gasteiger partial charge is 0.297 e. The van der Waals surface area contributed by atoms with Crippen molar-refractivity contribution in [3.05, 3.63) is 35.1 Å². The highest BCUT2D eigenvalue weighted by Crippen LogP contribution is 2.39. The molecule has 1 aromatic rings. The summed E-state index contributed by atoms with van der Waals surface area (Å²) in [5.74, 6) is -4.75. The molecular formula is C17H23F3N2O. The van der Waals surface area contributed by atoms with Gasteiger partial charge in [0.15, 0.2) is 0 Å². The van der Waals surface area contributed by atoms with Crippen LogP contribution >= 0.6 is 0 Å². The standard InChI is InChI=1S/C17H23F3N2O/c1-16(2,3)11-7-6-8-12(15(11)18)17(19,20)13-9-21(4)10-14(23)22(13)5/h6-8,13H,9-10H2,1-5H3. The predicted molar refractivity (Wildman–Crippen MR) is 83.0 cm³/mol. The van der Waals surface area contributed by atoms with Gasteiger partial charge in [0.1, 0.15) is 11.9 Å².